The molecule has 2 saturated heterocycles. The van der Waals surface area contributed by atoms with Crippen LogP contribution in [0.5, 0.6) is 0 Å². The second-order valence-corrected chi connectivity index (χ2v) is 10.0. The molecule has 0 aliphatic carbocycles. The van der Waals surface area contributed by atoms with Crippen LogP contribution in [0.4, 0.5) is 0 Å². The fourth-order valence-corrected chi connectivity index (χ4v) is 6.17. The van der Waals surface area contributed by atoms with Gasteiger partial charge in [0.2, 0.25) is 15.9 Å². The van der Waals surface area contributed by atoms with E-state index in [9.17, 15) is 13.2 Å². The number of nitrogens with zero attached hydrogens (tertiary/aromatic N) is 3. The highest BCUT2D eigenvalue weighted by atomic mass is 35.5. The second kappa shape index (κ2) is 9.30. The minimum absolute atomic E-state index is 0.0165. The number of piperidine rings is 1. The highest BCUT2D eigenvalue weighted by Crippen LogP contribution is 2.31. The number of halogens is 2. The average molecular weight is 448 g/mol. The Morgan fingerprint density at radius 2 is 1.82 bits per heavy atom. The van der Waals surface area contributed by atoms with Crippen molar-refractivity contribution in [3.63, 3.8) is 0 Å². The van der Waals surface area contributed by atoms with Gasteiger partial charge < -0.3 is 4.90 Å². The van der Waals surface area contributed by atoms with E-state index in [0.717, 1.165) is 38.8 Å². The summed E-state index contributed by atoms with van der Waals surface area (Å²) in [4.78, 5) is 17.1. The summed E-state index contributed by atoms with van der Waals surface area (Å²) >= 11 is 12.1. The molecule has 28 heavy (non-hydrogen) atoms. The monoisotopic (exact) mass is 447 g/mol. The molecule has 0 spiro atoms. The predicted octanol–water partition coefficient (Wildman–Crippen LogP) is 3.09. The summed E-state index contributed by atoms with van der Waals surface area (Å²) in [6, 6.07) is 4.53. The van der Waals surface area contributed by atoms with E-state index in [4.69, 9.17) is 23.2 Å². The minimum atomic E-state index is -3.74. The number of piperazine rings is 1. The van der Waals surface area contributed by atoms with E-state index in [1.54, 1.807) is 12.1 Å². The minimum Gasteiger partial charge on any atom is -0.339 e. The molecule has 1 atom stereocenters. The SMILES string of the molecule is CCCN1CCCCC1C(=O)N1CCN(S(=O)(=O)c2cccc(Cl)c2Cl)CC1. The van der Waals surface area contributed by atoms with E-state index >= 15 is 0 Å². The standard InChI is InChI=1S/C19H27Cl2N3O3S/c1-2-9-22-10-4-3-7-16(22)19(25)23-11-13-24(14-12-23)28(26,27)17-8-5-6-15(20)18(17)21/h5-6,8,16H,2-4,7,9-14H2,1H3. The number of hydrogen-bond acceptors (Lipinski definition) is 4. The number of carbonyl (C=O) groups excluding carboxylic acids is 1. The van der Waals surface area contributed by atoms with Crippen LogP contribution in [0.1, 0.15) is 32.6 Å². The Morgan fingerprint density at radius 1 is 1.11 bits per heavy atom. The lowest BCUT2D eigenvalue weighted by Gasteiger charge is -2.40. The molecule has 0 radical (unpaired) electrons. The third kappa shape index (κ3) is 4.49. The van der Waals surface area contributed by atoms with Crippen molar-refractivity contribution in [2.75, 3.05) is 39.3 Å². The van der Waals surface area contributed by atoms with E-state index in [1.165, 1.54) is 10.4 Å². The summed E-state index contributed by atoms with van der Waals surface area (Å²) in [5.41, 5.74) is 0. The molecule has 1 aromatic rings. The lowest BCUT2D eigenvalue weighted by molar-refractivity contribution is -0.139. The normalized spacial score (nSPS) is 22.4. The molecular weight excluding hydrogens is 421 g/mol. The first-order chi connectivity index (χ1) is 13.4. The Hall–Kier alpha value is -0.860. The summed E-state index contributed by atoms with van der Waals surface area (Å²) < 4.78 is 27.3. The van der Waals surface area contributed by atoms with Crippen LogP contribution in [-0.2, 0) is 14.8 Å². The number of hydrogen-bond donors (Lipinski definition) is 0. The number of likely N-dealkylation sites (tertiary alicyclic amines) is 1. The zero-order chi connectivity index (χ0) is 20.3. The molecule has 2 aliphatic rings. The van der Waals surface area contributed by atoms with E-state index in [2.05, 4.69) is 11.8 Å². The Balaban J connectivity index is 1.67. The van der Waals surface area contributed by atoms with Gasteiger partial charge >= 0.3 is 0 Å². The number of benzene rings is 1. The highest BCUT2D eigenvalue weighted by Gasteiger charge is 2.36. The van der Waals surface area contributed by atoms with Crippen LogP contribution in [0.25, 0.3) is 0 Å². The molecule has 2 heterocycles. The number of amides is 1. The molecule has 1 unspecified atom stereocenters. The van der Waals surface area contributed by atoms with Crippen LogP contribution in [0.2, 0.25) is 10.0 Å². The first kappa shape index (κ1) is 21.8. The number of carbonyl (C=O) groups is 1. The fourth-order valence-electron chi connectivity index (χ4n) is 4.01. The van der Waals surface area contributed by atoms with Gasteiger partial charge in [0.15, 0.2) is 0 Å². The topological polar surface area (TPSA) is 60.9 Å². The van der Waals surface area contributed by atoms with Crippen molar-refractivity contribution < 1.29 is 13.2 Å². The van der Waals surface area contributed by atoms with Gasteiger partial charge in [-0.05, 0) is 44.5 Å². The highest BCUT2D eigenvalue weighted by molar-refractivity contribution is 7.89. The molecule has 3 rings (SSSR count). The number of sulfonamides is 1. The molecule has 0 saturated carbocycles. The van der Waals surface area contributed by atoms with Crippen LogP contribution >= 0.6 is 23.2 Å². The summed E-state index contributed by atoms with van der Waals surface area (Å²) in [6.45, 7) is 5.33. The zero-order valence-corrected chi connectivity index (χ0v) is 18.4. The van der Waals surface area contributed by atoms with Gasteiger partial charge in [0.05, 0.1) is 16.1 Å². The smallest absolute Gasteiger partial charge is 0.244 e. The maximum atomic E-state index is 13.0. The van der Waals surface area contributed by atoms with Crippen LogP contribution < -0.4 is 0 Å². The molecule has 0 bridgehead atoms. The van der Waals surface area contributed by atoms with E-state index in [1.807, 2.05) is 4.90 Å². The van der Waals surface area contributed by atoms with Gasteiger partial charge in [0, 0.05) is 26.2 Å². The first-order valence-electron chi connectivity index (χ1n) is 9.83. The Bertz CT molecular complexity index is 809. The van der Waals surface area contributed by atoms with Gasteiger partial charge in [-0.3, -0.25) is 9.69 Å². The molecule has 1 amide bonds. The van der Waals surface area contributed by atoms with Gasteiger partial charge in [-0.1, -0.05) is 42.6 Å². The lowest BCUT2D eigenvalue weighted by atomic mass is 10.0. The largest absolute Gasteiger partial charge is 0.339 e. The summed E-state index contributed by atoms with van der Waals surface area (Å²) in [6.07, 6.45) is 4.11. The summed E-state index contributed by atoms with van der Waals surface area (Å²) in [5, 5.41) is 0.255. The molecule has 0 N–H and O–H groups in total. The van der Waals surface area contributed by atoms with E-state index in [-0.39, 0.29) is 40.0 Å². The van der Waals surface area contributed by atoms with Crippen molar-refractivity contribution >= 4 is 39.1 Å². The average Bonchev–Trinajstić information content (AvgIpc) is 2.70. The van der Waals surface area contributed by atoms with Crippen LogP contribution in [0, 0.1) is 0 Å². The Labute approximate surface area is 177 Å². The molecule has 2 fully saturated rings. The van der Waals surface area contributed by atoms with Gasteiger partial charge in [-0.15, -0.1) is 0 Å². The van der Waals surface area contributed by atoms with Crippen molar-refractivity contribution in [2.24, 2.45) is 0 Å². The van der Waals surface area contributed by atoms with Crippen molar-refractivity contribution in [1.29, 1.82) is 0 Å². The van der Waals surface area contributed by atoms with Crippen molar-refractivity contribution in [3.05, 3.63) is 28.2 Å². The van der Waals surface area contributed by atoms with Crippen LogP contribution in [-0.4, -0.2) is 73.7 Å². The Morgan fingerprint density at radius 3 is 2.50 bits per heavy atom. The first-order valence-corrected chi connectivity index (χ1v) is 12.0. The van der Waals surface area contributed by atoms with Crippen molar-refractivity contribution in [2.45, 2.75) is 43.5 Å². The third-order valence-corrected chi connectivity index (χ3v) is 8.37. The third-order valence-electron chi connectivity index (χ3n) is 5.49. The molecule has 1 aromatic carbocycles. The van der Waals surface area contributed by atoms with Gasteiger partial charge in [-0.25, -0.2) is 8.42 Å². The summed E-state index contributed by atoms with van der Waals surface area (Å²) in [7, 11) is -3.74. The maximum absolute atomic E-state index is 13.0. The van der Waals surface area contributed by atoms with Crippen LogP contribution in [0.15, 0.2) is 23.1 Å². The second-order valence-electron chi connectivity index (χ2n) is 7.33. The molecule has 9 heteroatoms. The van der Waals surface area contributed by atoms with Crippen molar-refractivity contribution in [3.8, 4) is 0 Å². The molecule has 2 aliphatic heterocycles. The van der Waals surface area contributed by atoms with Gasteiger partial charge in [-0.2, -0.15) is 4.31 Å². The van der Waals surface area contributed by atoms with Crippen molar-refractivity contribution in [1.82, 2.24) is 14.1 Å². The lowest BCUT2D eigenvalue weighted by Crippen LogP contribution is -2.56. The molecule has 156 valence electrons. The molecular formula is C19H27Cl2N3O3S. The quantitative estimate of drug-likeness (QED) is 0.695. The van der Waals surface area contributed by atoms with Gasteiger partial charge in [0.1, 0.15) is 4.90 Å². The van der Waals surface area contributed by atoms with Gasteiger partial charge in [0.25, 0.3) is 0 Å². The maximum Gasteiger partial charge on any atom is 0.244 e. The van der Waals surface area contributed by atoms with Crippen LogP contribution in [0.3, 0.4) is 0 Å². The van der Waals surface area contributed by atoms with E-state index < -0.39 is 10.0 Å². The Kier molecular flexibility index (Phi) is 7.26. The van der Waals surface area contributed by atoms with E-state index in [0.29, 0.717) is 13.1 Å². The molecule has 6 nitrogen and oxygen atoms in total. The molecule has 0 aromatic heterocycles. The fraction of sp³-hybridized carbons (Fsp3) is 0.632. The summed E-state index contributed by atoms with van der Waals surface area (Å²) in [5.74, 6) is 0.131. The number of rotatable bonds is 5. The zero-order valence-electron chi connectivity index (χ0n) is 16.1. The predicted molar refractivity (Wildman–Crippen MR) is 111 cm³/mol.